The van der Waals surface area contributed by atoms with Crippen LogP contribution in [0.5, 0.6) is 5.75 Å². The molecule has 2 aromatic rings. The van der Waals surface area contributed by atoms with Crippen molar-refractivity contribution in [2.24, 2.45) is 0 Å². The van der Waals surface area contributed by atoms with E-state index < -0.39 is 4.92 Å². The highest BCUT2D eigenvalue weighted by Crippen LogP contribution is 2.29. The number of nitro benzene ring substituents is 1. The molecule has 0 radical (unpaired) electrons. The van der Waals surface area contributed by atoms with Gasteiger partial charge >= 0.3 is 0 Å². The van der Waals surface area contributed by atoms with Crippen LogP contribution in [0.15, 0.2) is 53.0 Å². The van der Waals surface area contributed by atoms with Crippen LogP contribution < -0.4 is 4.74 Å². The van der Waals surface area contributed by atoms with Crippen LogP contribution in [0.25, 0.3) is 0 Å². The summed E-state index contributed by atoms with van der Waals surface area (Å²) in [6, 6.07) is 14.1. The summed E-state index contributed by atoms with van der Waals surface area (Å²) >= 11 is 3.31. The van der Waals surface area contributed by atoms with Crippen LogP contribution in [-0.2, 0) is 6.61 Å². The van der Waals surface area contributed by atoms with E-state index >= 15 is 0 Å². The number of ether oxygens (including phenoxy) is 1. The SMILES string of the molecule is O=[N+]([O-])c1ccc(Br)c(OCc2ccccc2)c1. The van der Waals surface area contributed by atoms with Crippen molar-refractivity contribution >= 4 is 21.6 Å². The highest BCUT2D eigenvalue weighted by Gasteiger charge is 2.10. The van der Waals surface area contributed by atoms with E-state index in [1.54, 1.807) is 6.07 Å². The number of hydrogen-bond donors (Lipinski definition) is 0. The van der Waals surface area contributed by atoms with Crippen molar-refractivity contribution in [2.45, 2.75) is 6.61 Å². The third kappa shape index (κ3) is 3.07. The van der Waals surface area contributed by atoms with Crippen molar-refractivity contribution < 1.29 is 9.66 Å². The van der Waals surface area contributed by atoms with E-state index in [9.17, 15) is 10.1 Å². The fourth-order valence-electron chi connectivity index (χ4n) is 1.45. The molecule has 0 aliphatic heterocycles. The molecule has 0 aliphatic carbocycles. The first-order valence-electron chi connectivity index (χ1n) is 5.27. The lowest BCUT2D eigenvalue weighted by Gasteiger charge is -2.07. The summed E-state index contributed by atoms with van der Waals surface area (Å²) in [5, 5.41) is 10.7. The van der Waals surface area contributed by atoms with Crippen molar-refractivity contribution in [2.75, 3.05) is 0 Å². The summed E-state index contributed by atoms with van der Waals surface area (Å²) in [4.78, 5) is 10.2. The van der Waals surface area contributed by atoms with Gasteiger partial charge in [-0.3, -0.25) is 10.1 Å². The molecule has 92 valence electrons. The van der Waals surface area contributed by atoms with Crippen molar-refractivity contribution in [1.29, 1.82) is 0 Å². The Labute approximate surface area is 112 Å². The molecule has 0 aromatic heterocycles. The lowest BCUT2D eigenvalue weighted by molar-refractivity contribution is -0.385. The number of rotatable bonds is 4. The highest BCUT2D eigenvalue weighted by molar-refractivity contribution is 9.10. The van der Waals surface area contributed by atoms with Gasteiger partial charge in [0.15, 0.2) is 0 Å². The van der Waals surface area contributed by atoms with Crippen molar-refractivity contribution in [3.05, 3.63) is 68.7 Å². The van der Waals surface area contributed by atoms with E-state index in [1.165, 1.54) is 12.1 Å². The smallest absolute Gasteiger partial charge is 0.273 e. The monoisotopic (exact) mass is 307 g/mol. The van der Waals surface area contributed by atoms with Gasteiger partial charge in [-0.15, -0.1) is 0 Å². The van der Waals surface area contributed by atoms with Crippen LogP contribution in [-0.4, -0.2) is 4.92 Å². The normalized spacial score (nSPS) is 10.1. The zero-order valence-electron chi connectivity index (χ0n) is 9.38. The standard InChI is InChI=1S/C13H10BrNO3/c14-12-7-6-11(15(16)17)8-13(12)18-9-10-4-2-1-3-5-10/h1-8H,9H2. The summed E-state index contributed by atoms with van der Waals surface area (Å²) in [6.07, 6.45) is 0. The third-order valence-electron chi connectivity index (χ3n) is 2.36. The van der Waals surface area contributed by atoms with Gasteiger partial charge < -0.3 is 4.74 Å². The summed E-state index contributed by atoms with van der Waals surface area (Å²) in [5.41, 5.74) is 1.03. The summed E-state index contributed by atoms with van der Waals surface area (Å²) in [5.74, 6) is 0.466. The Kier molecular flexibility index (Phi) is 3.94. The molecular weight excluding hydrogens is 298 g/mol. The molecule has 0 spiro atoms. The van der Waals surface area contributed by atoms with Gasteiger partial charge in [0.1, 0.15) is 12.4 Å². The van der Waals surface area contributed by atoms with Gasteiger partial charge in [-0.25, -0.2) is 0 Å². The van der Waals surface area contributed by atoms with Crippen LogP contribution in [0.4, 0.5) is 5.69 Å². The minimum absolute atomic E-state index is 0.0151. The molecule has 0 atom stereocenters. The Morgan fingerprint density at radius 2 is 1.89 bits per heavy atom. The molecule has 0 unspecified atom stereocenters. The Hall–Kier alpha value is -1.88. The van der Waals surface area contributed by atoms with E-state index in [1.807, 2.05) is 30.3 Å². The predicted molar refractivity (Wildman–Crippen MR) is 71.6 cm³/mol. The molecule has 5 heteroatoms. The molecule has 0 saturated heterocycles. The van der Waals surface area contributed by atoms with Crippen molar-refractivity contribution in [3.63, 3.8) is 0 Å². The maximum absolute atomic E-state index is 10.7. The molecular formula is C13H10BrNO3. The maximum atomic E-state index is 10.7. The molecule has 0 amide bonds. The maximum Gasteiger partial charge on any atom is 0.273 e. The Morgan fingerprint density at radius 1 is 1.17 bits per heavy atom. The highest BCUT2D eigenvalue weighted by atomic mass is 79.9. The summed E-state index contributed by atoms with van der Waals surface area (Å²) in [6.45, 7) is 0.376. The molecule has 4 nitrogen and oxygen atoms in total. The van der Waals surface area contributed by atoms with E-state index in [4.69, 9.17) is 4.74 Å². The fourth-order valence-corrected chi connectivity index (χ4v) is 1.81. The van der Waals surface area contributed by atoms with Gasteiger partial charge in [0, 0.05) is 6.07 Å². The number of nitrogens with zero attached hydrogens (tertiary/aromatic N) is 1. The zero-order chi connectivity index (χ0) is 13.0. The molecule has 0 fully saturated rings. The third-order valence-corrected chi connectivity index (χ3v) is 3.02. The average molecular weight is 308 g/mol. The van der Waals surface area contributed by atoms with Crippen LogP contribution in [0.1, 0.15) is 5.56 Å². The van der Waals surface area contributed by atoms with E-state index in [0.717, 1.165) is 5.56 Å². The van der Waals surface area contributed by atoms with E-state index in [0.29, 0.717) is 16.8 Å². The fraction of sp³-hybridized carbons (Fsp3) is 0.0769. The molecule has 0 bridgehead atoms. The summed E-state index contributed by atoms with van der Waals surface area (Å²) < 4.78 is 6.26. The average Bonchev–Trinajstić information content (AvgIpc) is 2.38. The topological polar surface area (TPSA) is 52.4 Å². The van der Waals surface area contributed by atoms with Gasteiger partial charge in [0.25, 0.3) is 5.69 Å². The lowest BCUT2D eigenvalue weighted by atomic mass is 10.2. The van der Waals surface area contributed by atoms with Crippen LogP contribution >= 0.6 is 15.9 Å². The van der Waals surface area contributed by atoms with Crippen LogP contribution in [0.3, 0.4) is 0 Å². The first-order valence-corrected chi connectivity index (χ1v) is 6.07. The minimum atomic E-state index is -0.443. The van der Waals surface area contributed by atoms with Crippen molar-refractivity contribution in [3.8, 4) is 5.75 Å². The first kappa shape index (κ1) is 12.6. The predicted octanol–water partition coefficient (Wildman–Crippen LogP) is 3.94. The van der Waals surface area contributed by atoms with Gasteiger partial charge in [-0.05, 0) is 27.6 Å². The quantitative estimate of drug-likeness (QED) is 0.635. The number of halogens is 1. The number of non-ortho nitro benzene ring substituents is 1. The first-order chi connectivity index (χ1) is 8.66. The number of nitro groups is 1. The Balaban J connectivity index is 2.14. The molecule has 2 rings (SSSR count). The molecule has 2 aromatic carbocycles. The van der Waals surface area contributed by atoms with E-state index in [2.05, 4.69) is 15.9 Å². The minimum Gasteiger partial charge on any atom is -0.487 e. The molecule has 0 aliphatic rings. The van der Waals surface area contributed by atoms with Crippen LogP contribution in [0, 0.1) is 10.1 Å². The second kappa shape index (κ2) is 5.64. The van der Waals surface area contributed by atoms with E-state index in [-0.39, 0.29) is 5.69 Å². The largest absolute Gasteiger partial charge is 0.487 e. The number of benzene rings is 2. The Bertz CT molecular complexity index is 557. The molecule has 0 saturated carbocycles. The Morgan fingerprint density at radius 3 is 2.56 bits per heavy atom. The van der Waals surface area contributed by atoms with Crippen molar-refractivity contribution in [1.82, 2.24) is 0 Å². The summed E-state index contributed by atoms with van der Waals surface area (Å²) in [7, 11) is 0. The molecule has 0 heterocycles. The molecule has 18 heavy (non-hydrogen) atoms. The second-order valence-corrected chi connectivity index (χ2v) is 4.50. The van der Waals surface area contributed by atoms with Gasteiger partial charge in [0.2, 0.25) is 0 Å². The van der Waals surface area contributed by atoms with Crippen LogP contribution in [0.2, 0.25) is 0 Å². The van der Waals surface area contributed by atoms with Gasteiger partial charge in [0.05, 0.1) is 15.5 Å². The number of hydrogen-bond acceptors (Lipinski definition) is 3. The molecule has 0 N–H and O–H groups in total. The zero-order valence-corrected chi connectivity index (χ0v) is 11.0. The van der Waals surface area contributed by atoms with Gasteiger partial charge in [-0.1, -0.05) is 30.3 Å². The second-order valence-electron chi connectivity index (χ2n) is 3.65. The van der Waals surface area contributed by atoms with Gasteiger partial charge in [-0.2, -0.15) is 0 Å². The lowest BCUT2D eigenvalue weighted by Crippen LogP contribution is -1.97.